The fourth-order valence-corrected chi connectivity index (χ4v) is 4.60. The molecule has 3 heterocycles. The lowest BCUT2D eigenvalue weighted by Gasteiger charge is -2.09. The van der Waals surface area contributed by atoms with E-state index in [2.05, 4.69) is 71.7 Å². The third-order valence-corrected chi connectivity index (χ3v) is 6.23. The Hall–Kier alpha value is -4.37. The van der Waals surface area contributed by atoms with E-state index in [1.54, 1.807) is 0 Å². The SMILES string of the molecule is c1cnc2cc3ccc4cc5nc(-c6ccc7ccccc7n6)ccc5cc4c3cc2c1. The summed E-state index contributed by atoms with van der Waals surface area (Å²) in [7, 11) is 0. The summed E-state index contributed by atoms with van der Waals surface area (Å²) in [6, 6.07) is 33.8. The first-order chi connectivity index (χ1) is 15.8. The summed E-state index contributed by atoms with van der Waals surface area (Å²) in [5, 5.41) is 8.28. The van der Waals surface area contributed by atoms with Crippen molar-refractivity contribution >= 4 is 54.3 Å². The molecule has 0 spiro atoms. The number of rotatable bonds is 1. The maximum Gasteiger partial charge on any atom is 0.0894 e. The molecule has 148 valence electrons. The summed E-state index contributed by atoms with van der Waals surface area (Å²) in [5.41, 5.74) is 4.77. The second-order valence-corrected chi connectivity index (χ2v) is 8.19. The van der Waals surface area contributed by atoms with Crippen LogP contribution >= 0.6 is 0 Å². The van der Waals surface area contributed by atoms with Gasteiger partial charge in [0.05, 0.1) is 27.9 Å². The van der Waals surface area contributed by atoms with Gasteiger partial charge in [-0.15, -0.1) is 0 Å². The molecule has 7 rings (SSSR count). The minimum Gasteiger partial charge on any atom is -0.256 e. The molecule has 3 aromatic heterocycles. The van der Waals surface area contributed by atoms with E-state index in [0.29, 0.717) is 0 Å². The molecule has 0 aliphatic heterocycles. The lowest BCUT2D eigenvalue weighted by molar-refractivity contribution is 1.32. The highest BCUT2D eigenvalue weighted by Crippen LogP contribution is 2.32. The summed E-state index contributed by atoms with van der Waals surface area (Å²) in [4.78, 5) is 14.3. The maximum absolute atomic E-state index is 4.96. The Balaban J connectivity index is 1.44. The van der Waals surface area contributed by atoms with Gasteiger partial charge in [-0.05, 0) is 70.1 Å². The normalized spacial score (nSPS) is 11.8. The van der Waals surface area contributed by atoms with Crippen LogP contribution in [0, 0.1) is 0 Å². The van der Waals surface area contributed by atoms with E-state index >= 15 is 0 Å². The van der Waals surface area contributed by atoms with Gasteiger partial charge < -0.3 is 0 Å². The van der Waals surface area contributed by atoms with Crippen LogP contribution in [0.4, 0.5) is 0 Å². The van der Waals surface area contributed by atoms with Crippen LogP contribution in [0.2, 0.25) is 0 Å². The standard InChI is InChI=1S/C29H17N3/c1-2-6-25-18(4-1)9-11-26(31-25)27-12-10-22-15-24-20(17-29(22)32-27)8-7-19-16-28-21(14-23(19)24)5-3-13-30-28/h1-17H. The smallest absolute Gasteiger partial charge is 0.0894 e. The van der Waals surface area contributed by atoms with E-state index in [4.69, 9.17) is 9.97 Å². The molecule has 0 aliphatic carbocycles. The van der Waals surface area contributed by atoms with Crippen molar-refractivity contribution in [1.82, 2.24) is 15.0 Å². The van der Waals surface area contributed by atoms with Gasteiger partial charge in [0, 0.05) is 22.4 Å². The summed E-state index contributed by atoms with van der Waals surface area (Å²) in [6.07, 6.45) is 1.84. The quantitative estimate of drug-likeness (QED) is 0.212. The third kappa shape index (κ3) is 2.65. The lowest BCUT2D eigenvalue weighted by Crippen LogP contribution is -1.90. The number of nitrogens with zero attached hydrogens (tertiary/aromatic N) is 3. The molecule has 0 amide bonds. The Kier molecular flexibility index (Phi) is 3.55. The molecule has 7 aromatic rings. The summed E-state index contributed by atoms with van der Waals surface area (Å²) in [5.74, 6) is 0. The van der Waals surface area contributed by atoms with Crippen LogP contribution in [0.3, 0.4) is 0 Å². The van der Waals surface area contributed by atoms with Gasteiger partial charge in [-0.2, -0.15) is 0 Å². The van der Waals surface area contributed by atoms with Crippen molar-refractivity contribution in [2.24, 2.45) is 0 Å². The second kappa shape index (κ2) is 6.56. The summed E-state index contributed by atoms with van der Waals surface area (Å²) >= 11 is 0. The van der Waals surface area contributed by atoms with Crippen molar-refractivity contribution in [2.75, 3.05) is 0 Å². The molecule has 0 atom stereocenters. The summed E-state index contributed by atoms with van der Waals surface area (Å²) < 4.78 is 0. The van der Waals surface area contributed by atoms with Crippen molar-refractivity contribution in [3.8, 4) is 11.4 Å². The van der Waals surface area contributed by atoms with Crippen LogP contribution in [-0.2, 0) is 0 Å². The molecule has 3 heteroatoms. The molecule has 0 bridgehead atoms. The van der Waals surface area contributed by atoms with E-state index < -0.39 is 0 Å². The minimum atomic E-state index is 0.889. The molecule has 32 heavy (non-hydrogen) atoms. The Labute approximate surface area is 184 Å². The van der Waals surface area contributed by atoms with E-state index in [0.717, 1.165) is 44.1 Å². The van der Waals surface area contributed by atoms with Gasteiger partial charge in [-0.3, -0.25) is 4.98 Å². The molecule has 4 aromatic carbocycles. The Morgan fingerprint density at radius 2 is 1.00 bits per heavy atom. The highest BCUT2D eigenvalue weighted by Gasteiger charge is 2.08. The number of fused-ring (bicyclic) bond motifs is 6. The molecule has 0 saturated carbocycles. The first-order valence-corrected chi connectivity index (χ1v) is 10.7. The van der Waals surface area contributed by atoms with Crippen LogP contribution in [-0.4, -0.2) is 15.0 Å². The highest BCUT2D eigenvalue weighted by molar-refractivity contribution is 6.14. The van der Waals surface area contributed by atoms with Crippen LogP contribution in [0.15, 0.2) is 103 Å². The van der Waals surface area contributed by atoms with E-state index in [1.165, 1.54) is 21.5 Å². The molecule has 0 unspecified atom stereocenters. The van der Waals surface area contributed by atoms with Crippen molar-refractivity contribution in [1.29, 1.82) is 0 Å². The van der Waals surface area contributed by atoms with Gasteiger partial charge in [0.25, 0.3) is 0 Å². The van der Waals surface area contributed by atoms with Crippen molar-refractivity contribution in [3.63, 3.8) is 0 Å². The monoisotopic (exact) mass is 407 g/mol. The van der Waals surface area contributed by atoms with Crippen LogP contribution in [0.5, 0.6) is 0 Å². The Morgan fingerprint density at radius 3 is 1.81 bits per heavy atom. The number of pyridine rings is 3. The molecule has 0 fully saturated rings. The Morgan fingerprint density at radius 1 is 0.406 bits per heavy atom. The average Bonchev–Trinajstić information content (AvgIpc) is 2.85. The Bertz CT molecular complexity index is 1840. The first kappa shape index (κ1) is 17.3. The van der Waals surface area contributed by atoms with Crippen LogP contribution in [0.25, 0.3) is 65.6 Å². The number of para-hydroxylation sites is 1. The van der Waals surface area contributed by atoms with Crippen LogP contribution < -0.4 is 0 Å². The second-order valence-electron chi connectivity index (χ2n) is 8.19. The largest absolute Gasteiger partial charge is 0.256 e. The van der Waals surface area contributed by atoms with Gasteiger partial charge in [0.15, 0.2) is 0 Å². The van der Waals surface area contributed by atoms with Gasteiger partial charge in [-0.1, -0.05) is 48.5 Å². The fraction of sp³-hybridized carbons (Fsp3) is 0. The third-order valence-electron chi connectivity index (χ3n) is 6.23. The lowest BCUT2D eigenvalue weighted by atomic mass is 9.98. The maximum atomic E-state index is 4.96. The molecule has 0 saturated heterocycles. The molecule has 0 N–H and O–H groups in total. The number of hydrogen-bond acceptors (Lipinski definition) is 3. The molecular weight excluding hydrogens is 390 g/mol. The van der Waals surface area contributed by atoms with Gasteiger partial charge in [0.1, 0.15) is 0 Å². The first-order valence-electron chi connectivity index (χ1n) is 10.7. The predicted molar refractivity (Wildman–Crippen MR) is 133 cm³/mol. The molecular formula is C29H17N3. The van der Waals surface area contributed by atoms with Gasteiger partial charge >= 0.3 is 0 Å². The van der Waals surface area contributed by atoms with Gasteiger partial charge in [-0.25, -0.2) is 9.97 Å². The van der Waals surface area contributed by atoms with E-state index in [-0.39, 0.29) is 0 Å². The van der Waals surface area contributed by atoms with Crippen molar-refractivity contribution < 1.29 is 0 Å². The van der Waals surface area contributed by atoms with Crippen molar-refractivity contribution in [2.45, 2.75) is 0 Å². The van der Waals surface area contributed by atoms with E-state index in [1.807, 2.05) is 36.5 Å². The number of hydrogen-bond donors (Lipinski definition) is 0. The number of aromatic nitrogens is 3. The summed E-state index contributed by atoms with van der Waals surface area (Å²) in [6.45, 7) is 0. The minimum absolute atomic E-state index is 0.889. The zero-order valence-corrected chi connectivity index (χ0v) is 17.2. The van der Waals surface area contributed by atoms with E-state index in [9.17, 15) is 0 Å². The molecule has 3 nitrogen and oxygen atoms in total. The molecule has 0 aliphatic rings. The zero-order valence-electron chi connectivity index (χ0n) is 17.2. The average molecular weight is 407 g/mol. The topological polar surface area (TPSA) is 38.7 Å². The van der Waals surface area contributed by atoms with Crippen LogP contribution in [0.1, 0.15) is 0 Å². The zero-order chi connectivity index (χ0) is 21.1. The predicted octanol–water partition coefficient (Wildman–Crippen LogP) is 7.30. The van der Waals surface area contributed by atoms with Gasteiger partial charge in [0.2, 0.25) is 0 Å². The fourth-order valence-electron chi connectivity index (χ4n) is 4.60. The highest BCUT2D eigenvalue weighted by atomic mass is 14.8. The number of benzene rings is 4. The molecule has 0 radical (unpaired) electrons. The van der Waals surface area contributed by atoms with Crippen molar-refractivity contribution in [3.05, 3.63) is 103 Å².